The van der Waals surface area contributed by atoms with E-state index < -0.39 is 5.76 Å². The van der Waals surface area contributed by atoms with Gasteiger partial charge < -0.3 is 4.90 Å². The molecule has 0 bridgehead atoms. The highest BCUT2D eigenvalue weighted by Crippen LogP contribution is 2.38. The Morgan fingerprint density at radius 3 is 3.20 bits per heavy atom. The van der Waals surface area contributed by atoms with Crippen LogP contribution in [0.5, 0.6) is 0 Å². The number of thiocarbonyl (C=S) groups is 1. The van der Waals surface area contributed by atoms with Gasteiger partial charge in [0, 0.05) is 16.3 Å². The summed E-state index contributed by atoms with van der Waals surface area (Å²) in [6, 6.07) is 5.26. The number of thioether (sulfide) groups is 1. The molecule has 2 aliphatic rings. The Morgan fingerprint density at radius 2 is 2.35 bits per heavy atom. The van der Waals surface area contributed by atoms with Crippen molar-refractivity contribution in [3.63, 3.8) is 0 Å². The number of benzene rings is 1. The van der Waals surface area contributed by atoms with Crippen LogP contribution < -0.4 is 5.76 Å². The number of hydrogen-bond acceptors (Lipinski definition) is 5. The minimum Gasteiger partial charge on any atom is -0.342 e. The van der Waals surface area contributed by atoms with Crippen molar-refractivity contribution >= 4 is 40.6 Å². The van der Waals surface area contributed by atoms with E-state index in [4.69, 9.17) is 28.3 Å². The van der Waals surface area contributed by atoms with Gasteiger partial charge in [0.2, 0.25) is 0 Å². The molecule has 102 valence electrons. The van der Waals surface area contributed by atoms with Crippen LogP contribution in [-0.4, -0.2) is 31.2 Å². The fourth-order valence-electron chi connectivity index (χ4n) is 2.58. The molecule has 1 fully saturated rings. The summed E-state index contributed by atoms with van der Waals surface area (Å²) in [5.74, 6) is 1.71. The first-order valence-corrected chi connectivity index (χ1v) is 7.88. The Kier molecular flexibility index (Phi) is 2.70. The number of nitrogens with zero attached hydrogens (tertiary/aromatic N) is 3. The molecule has 0 radical (unpaired) electrons. The first kappa shape index (κ1) is 12.4. The van der Waals surface area contributed by atoms with Gasteiger partial charge in [-0.2, -0.15) is 0 Å². The highest BCUT2D eigenvalue weighted by molar-refractivity contribution is 7.99. The molecule has 1 aromatic heterocycles. The predicted octanol–water partition coefficient (Wildman–Crippen LogP) is 2.22. The molecule has 1 atom stereocenters. The van der Waals surface area contributed by atoms with Gasteiger partial charge in [-0.05, 0) is 18.2 Å². The molecule has 1 aromatic carbocycles. The second-order valence-corrected chi connectivity index (χ2v) is 6.42. The van der Waals surface area contributed by atoms with Crippen molar-refractivity contribution in [1.82, 2.24) is 14.6 Å². The van der Waals surface area contributed by atoms with Gasteiger partial charge >= 0.3 is 5.76 Å². The molecule has 0 aliphatic carbocycles. The van der Waals surface area contributed by atoms with E-state index >= 15 is 0 Å². The van der Waals surface area contributed by atoms with E-state index in [0.29, 0.717) is 21.5 Å². The Morgan fingerprint density at radius 1 is 1.50 bits per heavy atom. The maximum Gasteiger partial charge on any atom is 0.446 e. The van der Waals surface area contributed by atoms with Crippen LogP contribution >= 0.6 is 35.6 Å². The fourth-order valence-corrected chi connectivity index (χ4v) is 4.35. The minimum atomic E-state index is -0.495. The molecule has 0 unspecified atom stereocenters. The van der Waals surface area contributed by atoms with E-state index in [1.165, 1.54) is 4.57 Å². The van der Waals surface area contributed by atoms with E-state index in [-0.39, 0.29) is 6.04 Å². The molecule has 2 aromatic rings. The summed E-state index contributed by atoms with van der Waals surface area (Å²) in [5.41, 5.74) is 1.45. The monoisotopic (exact) mass is 325 g/mol. The summed E-state index contributed by atoms with van der Waals surface area (Å²) in [7, 11) is 0. The molecule has 0 N–H and O–H groups in total. The summed E-state index contributed by atoms with van der Waals surface area (Å²) >= 11 is 13.4. The van der Waals surface area contributed by atoms with Crippen molar-refractivity contribution in [1.29, 1.82) is 0 Å². The molecular weight excluding hydrogens is 318 g/mol. The van der Waals surface area contributed by atoms with Crippen LogP contribution in [0.15, 0.2) is 27.5 Å². The molecule has 0 spiro atoms. The van der Waals surface area contributed by atoms with Gasteiger partial charge in [0.1, 0.15) is 11.0 Å². The first-order valence-electron chi connectivity index (χ1n) is 5.94. The summed E-state index contributed by atoms with van der Waals surface area (Å²) in [6.45, 7) is 0. The van der Waals surface area contributed by atoms with E-state index in [1.807, 2.05) is 0 Å². The smallest absolute Gasteiger partial charge is 0.342 e. The van der Waals surface area contributed by atoms with Gasteiger partial charge in [0.05, 0.1) is 11.6 Å². The van der Waals surface area contributed by atoms with Crippen LogP contribution in [0.3, 0.4) is 0 Å². The minimum absolute atomic E-state index is 0.0369. The maximum atomic E-state index is 12.0. The number of rotatable bonds is 0. The molecule has 0 saturated carbocycles. The van der Waals surface area contributed by atoms with Gasteiger partial charge in [-0.3, -0.25) is 4.52 Å². The number of aromatic nitrogens is 2. The largest absolute Gasteiger partial charge is 0.446 e. The van der Waals surface area contributed by atoms with Gasteiger partial charge in [0.15, 0.2) is 5.82 Å². The lowest BCUT2D eigenvalue weighted by Crippen LogP contribution is -2.29. The standard InChI is InChI=1S/C12H8ClN3O2S2/c13-6-1-2-8-7(3-6)11(19)15-5-20-4-9(15)10-14-18-12(17)16(8)10/h1-3,9H,4-5H2/t9-/m0/s1. The molecule has 2 aliphatic heterocycles. The van der Waals surface area contributed by atoms with Gasteiger partial charge in [-0.15, -0.1) is 11.8 Å². The summed E-state index contributed by atoms with van der Waals surface area (Å²) in [4.78, 5) is 14.8. The summed E-state index contributed by atoms with van der Waals surface area (Å²) in [5, 5.41) is 4.53. The quantitative estimate of drug-likeness (QED) is 0.692. The highest BCUT2D eigenvalue weighted by atomic mass is 35.5. The fraction of sp³-hybridized carbons (Fsp3) is 0.250. The lowest BCUT2D eigenvalue weighted by molar-refractivity contribution is 0.353. The van der Waals surface area contributed by atoms with Crippen LogP contribution in [0, 0.1) is 0 Å². The van der Waals surface area contributed by atoms with Crippen molar-refractivity contribution in [3.05, 3.63) is 45.2 Å². The van der Waals surface area contributed by atoms with Crippen LogP contribution in [0.25, 0.3) is 5.69 Å². The molecular formula is C12H8ClN3O2S2. The SMILES string of the molecule is O=c1onc2n1-c1ccc(Cl)cc1C(=S)N1CSC[C@@H]21. The number of halogens is 1. The normalized spacial score (nSPS) is 20.4. The molecule has 0 amide bonds. The number of fused-ring (bicyclic) bond motifs is 5. The third-order valence-corrected chi connectivity index (χ3v) is 5.20. The van der Waals surface area contributed by atoms with Gasteiger partial charge in [-0.1, -0.05) is 29.0 Å². The second kappa shape index (κ2) is 4.34. The van der Waals surface area contributed by atoms with E-state index in [2.05, 4.69) is 10.1 Å². The van der Waals surface area contributed by atoms with Crippen LogP contribution in [0.2, 0.25) is 5.02 Å². The summed E-state index contributed by atoms with van der Waals surface area (Å²) < 4.78 is 6.34. The van der Waals surface area contributed by atoms with Crippen LogP contribution in [0.1, 0.15) is 17.4 Å². The molecule has 5 nitrogen and oxygen atoms in total. The first-order chi connectivity index (χ1) is 9.66. The van der Waals surface area contributed by atoms with E-state index in [1.54, 1.807) is 30.0 Å². The van der Waals surface area contributed by atoms with Crippen molar-refractivity contribution < 1.29 is 4.52 Å². The average Bonchev–Trinajstić information content (AvgIpc) is 3.02. The molecule has 8 heteroatoms. The van der Waals surface area contributed by atoms with Gasteiger partial charge in [0.25, 0.3) is 0 Å². The third-order valence-electron chi connectivity index (χ3n) is 3.50. The third kappa shape index (κ3) is 1.60. The Labute approximate surface area is 128 Å². The Balaban J connectivity index is 2.09. The van der Waals surface area contributed by atoms with E-state index in [9.17, 15) is 4.79 Å². The zero-order valence-electron chi connectivity index (χ0n) is 10.1. The highest BCUT2D eigenvalue weighted by Gasteiger charge is 2.38. The maximum absolute atomic E-state index is 12.0. The molecule has 20 heavy (non-hydrogen) atoms. The van der Waals surface area contributed by atoms with Crippen molar-refractivity contribution in [3.8, 4) is 5.69 Å². The lowest BCUT2D eigenvalue weighted by Gasteiger charge is -2.22. The number of hydrogen-bond donors (Lipinski definition) is 0. The summed E-state index contributed by atoms with van der Waals surface area (Å²) in [6.07, 6.45) is 0. The molecule has 4 rings (SSSR count). The van der Waals surface area contributed by atoms with E-state index in [0.717, 1.165) is 17.2 Å². The van der Waals surface area contributed by atoms with Gasteiger partial charge in [-0.25, -0.2) is 9.36 Å². The Hall–Kier alpha value is -1.31. The van der Waals surface area contributed by atoms with Crippen molar-refractivity contribution in [2.24, 2.45) is 0 Å². The Bertz CT molecular complexity index is 785. The second-order valence-electron chi connectivity index (χ2n) is 4.59. The lowest BCUT2D eigenvalue weighted by atomic mass is 10.1. The zero-order chi connectivity index (χ0) is 13.9. The van der Waals surface area contributed by atoms with Crippen LogP contribution in [-0.2, 0) is 0 Å². The molecule has 1 saturated heterocycles. The average molecular weight is 326 g/mol. The predicted molar refractivity (Wildman–Crippen MR) is 80.7 cm³/mol. The molecule has 3 heterocycles. The zero-order valence-corrected chi connectivity index (χ0v) is 12.5. The van der Waals surface area contributed by atoms with Crippen molar-refractivity contribution in [2.75, 3.05) is 11.6 Å². The van der Waals surface area contributed by atoms with Crippen molar-refractivity contribution in [2.45, 2.75) is 6.04 Å². The van der Waals surface area contributed by atoms with Crippen LogP contribution in [0.4, 0.5) is 0 Å². The topological polar surface area (TPSA) is 51.3 Å².